The highest BCUT2D eigenvalue weighted by molar-refractivity contribution is 6.34. The second kappa shape index (κ2) is 6.47. The van der Waals surface area contributed by atoms with Gasteiger partial charge in [0.15, 0.2) is 0 Å². The third-order valence-electron chi connectivity index (χ3n) is 2.81. The van der Waals surface area contributed by atoms with Gasteiger partial charge in [0.1, 0.15) is 0 Å². The molecule has 1 aromatic heterocycles. The number of aromatic nitrogens is 1. The summed E-state index contributed by atoms with van der Waals surface area (Å²) in [6, 6.07) is 13.1. The van der Waals surface area contributed by atoms with Crippen molar-refractivity contribution in [3.63, 3.8) is 0 Å². The molecule has 0 aliphatic heterocycles. The molecule has 0 spiro atoms. The molecule has 0 unspecified atom stereocenters. The van der Waals surface area contributed by atoms with Crippen LogP contribution in [-0.4, -0.2) is 21.7 Å². The van der Waals surface area contributed by atoms with Gasteiger partial charge in [-0.05, 0) is 17.2 Å². The highest BCUT2D eigenvalue weighted by atomic mass is 16.2. The SMILES string of the molecule is NC(=O)C(=O)N(Cc1ccccc1)Cc1cccnc1. The molecule has 1 heterocycles. The van der Waals surface area contributed by atoms with E-state index in [0.717, 1.165) is 11.1 Å². The van der Waals surface area contributed by atoms with Gasteiger partial charge in [-0.25, -0.2) is 0 Å². The van der Waals surface area contributed by atoms with Crippen LogP contribution in [0.15, 0.2) is 54.9 Å². The molecule has 2 amide bonds. The summed E-state index contributed by atoms with van der Waals surface area (Å²) in [6.45, 7) is 0.627. The van der Waals surface area contributed by atoms with E-state index in [4.69, 9.17) is 5.73 Å². The number of hydrogen-bond donors (Lipinski definition) is 1. The highest BCUT2D eigenvalue weighted by Gasteiger charge is 2.19. The molecule has 0 saturated heterocycles. The van der Waals surface area contributed by atoms with Crippen LogP contribution >= 0.6 is 0 Å². The highest BCUT2D eigenvalue weighted by Crippen LogP contribution is 2.09. The van der Waals surface area contributed by atoms with Crippen LogP contribution in [0.5, 0.6) is 0 Å². The summed E-state index contributed by atoms with van der Waals surface area (Å²) in [7, 11) is 0. The molecule has 0 saturated carbocycles. The second-order valence-electron chi connectivity index (χ2n) is 4.37. The van der Waals surface area contributed by atoms with Gasteiger partial charge >= 0.3 is 11.8 Å². The Kier molecular flexibility index (Phi) is 4.44. The number of rotatable bonds is 4. The summed E-state index contributed by atoms with van der Waals surface area (Å²) in [6.07, 6.45) is 3.31. The van der Waals surface area contributed by atoms with Gasteiger partial charge in [0, 0.05) is 25.5 Å². The lowest BCUT2D eigenvalue weighted by atomic mass is 10.2. The van der Waals surface area contributed by atoms with Crippen molar-refractivity contribution in [3.8, 4) is 0 Å². The molecule has 0 bridgehead atoms. The number of primary amides is 1. The lowest BCUT2D eigenvalue weighted by Gasteiger charge is -2.21. The average molecular weight is 269 g/mol. The summed E-state index contributed by atoms with van der Waals surface area (Å²) < 4.78 is 0. The van der Waals surface area contributed by atoms with E-state index in [1.165, 1.54) is 4.90 Å². The fourth-order valence-electron chi connectivity index (χ4n) is 1.87. The zero-order chi connectivity index (χ0) is 14.4. The Bertz CT molecular complexity index is 543. The number of hydrogen-bond acceptors (Lipinski definition) is 3. The maximum Gasteiger partial charge on any atom is 0.312 e. The first-order valence-corrected chi connectivity index (χ1v) is 6.18. The number of benzene rings is 1. The van der Waals surface area contributed by atoms with Gasteiger partial charge in [0.2, 0.25) is 0 Å². The first-order chi connectivity index (χ1) is 9.66. The van der Waals surface area contributed by atoms with Crippen molar-refractivity contribution in [2.45, 2.75) is 13.1 Å². The summed E-state index contributed by atoms with van der Waals surface area (Å²) in [5.74, 6) is -1.65. The van der Waals surface area contributed by atoms with E-state index in [1.54, 1.807) is 18.5 Å². The van der Waals surface area contributed by atoms with Crippen molar-refractivity contribution in [3.05, 3.63) is 66.0 Å². The third kappa shape index (κ3) is 3.65. The molecule has 0 aliphatic rings. The maximum absolute atomic E-state index is 11.9. The van der Waals surface area contributed by atoms with Crippen molar-refractivity contribution in [2.24, 2.45) is 5.73 Å². The first-order valence-electron chi connectivity index (χ1n) is 6.18. The molecule has 5 nitrogen and oxygen atoms in total. The van der Waals surface area contributed by atoms with E-state index < -0.39 is 11.8 Å². The van der Waals surface area contributed by atoms with Gasteiger partial charge < -0.3 is 10.6 Å². The van der Waals surface area contributed by atoms with Gasteiger partial charge in [-0.15, -0.1) is 0 Å². The molecule has 0 aliphatic carbocycles. The minimum absolute atomic E-state index is 0.296. The molecule has 20 heavy (non-hydrogen) atoms. The van der Waals surface area contributed by atoms with Crippen molar-refractivity contribution in [1.29, 1.82) is 0 Å². The maximum atomic E-state index is 11.9. The van der Waals surface area contributed by atoms with Crippen LogP contribution in [0.4, 0.5) is 0 Å². The lowest BCUT2D eigenvalue weighted by Crippen LogP contribution is -2.39. The van der Waals surface area contributed by atoms with Crippen LogP contribution in [-0.2, 0) is 22.7 Å². The van der Waals surface area contributed by atoms with Crippen LogP contribution in [0.1, 0.15) is 11.1 Å². The van der Waals surface area contributed by atoms with Gasteiger partial charge in [0.25, 0.3) is 0 Å². The van der Waals surface area contributed by atoms with Crippen LogP contribution < -0.4 is 5.73 Å². The molecule has 1 aromatic carbocycles. The number of amides is 2. The molecule has 0 radical (unpaired) electrons. The molecular formula is C15H15N3O2. The second-order valence-corrected chi connectivity index (χ2v) is 4.37. The topological polar surface area (TPSA) is 76.3 Å². The summed E-state index contributed by atoms with van der Waals surface area (Å²) in [5, 5.41) is 0. The van der Waals surface area contributed by atoms with Gasteiger partial charge in [-0.2, -0.15) is 0 Å². The van der Waals surface area contributed by atoms with Crippen molar-refractivity contribution in [1.82, 2.24) is 9.88 Å². The van der Waals surface area contributed by atoms with Gasteiger partial charge in [-0.3, -0.25) is 14.6 Å². The van der Waals surface area contributed by atoms with Crippen LogP contribution in [0.2, 0.25) is 0 Å². The van der Waals surface area contributed by atoms with E-state index in [0.29, 0.717) is 13.1 Å². The average Bonchev–Trinajstić information content (AvgIpc) is 2.48. The minimum Gasteiger partial charge on any atom is -0.361 e. The minimum atomic E-state index is -0.954. The summed E-state index contributed by atoms with van der Waals surface area (Å²) in [4.78, 5) is 28.4. The normalized spacial score (nSPS) is 10.0. The zero-order valence-corrected chi connectivity index (χ0v) is 10.9. The number of carbonyl (C=O) groups is 2. The monoisotopic (exact) mass is 269 g/mol. The Hall–Kier alpha value is -2.69. The van der Waals surface area contributed by atoms with Gasteiger partial charge in [-0.1, -0.05) is 36.4 Å². The van der Waals surface area contributed by atoms with E-state index >= 15 is 0 Å². The third-order valence-corrected chi connectivity index (χ3v) is 2.81. The van der Waals surface area contributed by atoms with Crippen molar-refractivity contribution < 1.29 is 9.59 Å². The van der Waals surface area contributed by atoms with Crippen LogP contribution in [0.25, 0.3) is 0 Å². The van der Waals surface area contributed by atoms with E-state index in [2.05, 4.69) is 4.98 Å². The van der Waals surface area contributed by atoms with Crippen LogP contribution in [0, 0.1) is 0 Å². The number of nitrogens with zero attached hydrogens (tertiary/aromatic N) is 2. The van der Waals surface area contributed by atoms with Crippen LogP contribution in [0.3, 0.4) is 0 Å². The zero-order valence-electron chi connectivity index (χ0n) is 10.9. The van der Waals surface area contributed by atoms with E-state index in [1.807, 2.05) is 36.4 Å². The molecule has 5 heteroatoms. The van der Waals surface area contributed by atoms with Crippen molar-refractivity contribution >= 4 is 11.8 Å². The Morgan fingerprint density at radius 3 is 2.25 bits per heavy atom. The number of pyridine rings is 1. The lowest BCUT2D eigenvalue weighted by molar-refractivity contribution is -0.145. The molecule has 2 rings (SSSR count). The Morgan fingerprint density at radius 1 is 1.00 bits per heavy atom. The molecule has 0 atom stereocenters. The summed E-state index contributed by atoms with van der Waals surface area (Å²) in [5.41, 5.74) is 6.88. The Balaban J connectivity index is 2.17. The molecular weight excluding hydrogens is 254 g/mol. The quantitative estimate of drug-likeness (QED) is 0.844. The Morgan fingerprint density at radius 2 is 1.65 bits per heavy atom. The van der Waals surface area contributed by atoms with Gasteiger partial charge in [0.05, 0.1) is 0 Å². The number of nitrogens with two attached hydrogens (primary N) is 1. The smallest absolute Gasteiger partial charge is 0.312 e. The fourth-order valence-corrected chi connectivity index (χ4v) is 1.87. The largest absolute Gasteiger partial charge is 0.361 e. The van der Waals surface area contributed by atoms with E-state index in [9.17, 15) is 9.59 Å². The summed E-state index contributed by atoms with van der Waals surface area (Å²) >= 11 is 0. The molecule has 0 fully saturated rings. The molecule has 2 aromatic rings. The Labute approximate surface area is 117 Å². The molecule has 102 valence electrons. The van der Waals surface area contributed by atoms with E-state index in [-0.39, 0.29) is 0 Å². The standard InChI is InChI=1S/C15H15N3O2/c16-14(19)15(20)18(10-12-5-2-1-3-6-12)11-13-7-4-8-17-9-13/h1-9H,10-11H2,(H2,16,19). The number of carbonyl (C=O) groups excluding carboxylic acids is 2. The fraction of sp³-hybridized carbons (Fsp3) is 0.133. The predicted molar refractivity (Wildman–Crippen MR) is 74.1 cm³/mol. The van der Waals surface area contributed by atoms with Crippen molar-refractivity contribution in [2.75, 3.05) is 0 Å². The molecule has 2 N–H and O–H groups in total. The predicted octanol–water partition coefficient (Wildman–Crippen LogP) is 1.10. The first kappa shape index (κ1) is 13.7.